The summed E-state index contributed by atoms with van der Waals surface area (Å²) in [7, 11) is 0. The van der Waals surface area contributed by atoms with Crippen LogP contribution in [-0.2, 0) is 9.53 Å². The fourth-order valence-corrected chi connectivity index (χ4v) is 5.09. The molecule has 0 unspecified atom stereocenters. The number of carbonyl (C=O) groups is 3. The van der Waals surface area contributed by atoms with E-state index in [-0.39, 0.29) is 6.04 Å². The fourth-order valence-electron chi connectivity index (χ4n) is 2.20. The van der Waals surface area contributed by atoms with E-state index in [4.69, 9.17) is 4.74 Å². The highest BCUT2D eigenvalue weighted by Crippen LogP contribution is 2.43. The van der Waals surface area contributed by atoms with E-state index < -0.39 is 24.5 Å². The van der Waals surface area contributed by atoms with Crippen molar-refractivity contribution < 1.29 is 19.1 Å². The summed E-state index contributed by atoms with van der Waals surface area (Å²) in [5, 5.41) is 4.73. The van der Waals surface area contributed by atoms with Crippen LogP contribution in [0.1, 0.15) is 47.2 Å². The van der Waals surface area contributed by atoms with Gasteiger partial charge >= 0.3 is 12.0 Å². The zero-order valence-electron chi connectivity index (χ0n) is 14.9. The van der Waals surface area contributed by atoms with Gasteiger partial charge in [0.1, 0.15) is 0 Å². The highest BCUT2D eigenvalue weighted by Gasteiger charge is 2.18. The van der Waals surface area contributed by atoms with Crippen LogP contribution in [0.2, 0.25) is 0 Å². The molecular formula is C18H24N2O4S2. The largest absolute Gasteiger partial charge is 0.452 e. The number of carbonyl (C=O) groups excluding carboxylic acids is 3. The quantitative estimate of drug-likeness (QED) is 0.718. The molecule has 0 aromatic heterocycles. The lowest BCUT2D eigenvalue weighted by Crippen LogP contribution is -2.44. The van der Waals surface area contributed by atoms with Crippen LogP contribution in [0.4, 0.5) is 4.79 Å². The number of esters is 1. The number of ether oxygens (including phenoxy) is 1. The van der Waals surface area contributed by atoms with Gasteiger partial charge in [0.05, 0.1) is 10.1 Å². The molecule has 8 heteroatoms. The molecular weight excluding hydrogens is 372 g/mol. The highest BCUT2D eigenvalue weighted by atomic mass is 32.2. The molecule has 0 aliphatic carbocycles. The van der Waals surface area contributed by atoms with Gasteiger partial charge in [-0.2, -0.15) is 0 Å². The first-order chi connectivity index (χ1) is 12.5. The van der Waals surface area contributed by atoms with Crippen LogP contribution in [0.5, 0.6) is 0 Å². The summed E-state index contributed by atoms with van der Waals surface area (Å²) < 4.78 is 5.37. The van der Waals surface area contributed by atoms with Gasteiger partial charge in [-0.25, -0.2) is 9.59 Å². The van der Waals surface area contributed by atoms with Crippen molar-refractivity contribution in [1.29, 1.82) is 0 Å². The van der Waals surface area contributed by atoms with E-state index in [1.807, 2.05) is 49.5 Å². The number of thioether (sulfide) groups is 2. The Hall–Kier alpha value is -1.67. The second-order valence-corrected chi connectivity index (χ2v) is 8.68. The number of imide groups is 1. The Morgan fingerprint density at radius 3 is 2.46 bits per heavy atom. The molecule has 1 aromatic rings. The van der Waals surface area contributed by atoms with Crippen molar-refractivity contribution in [3.05, 3.63) is 35.4 Å². The normalized spacial score (nSPS) is 15.8. The molecule has 1 aliphatic rings. The standard InChI is InChI=1S/C18H24N2O4S2/c1-3-12(2)19-18(23)20-15(21)11-24-16(22)13-5-7-14(8-6-13)17-25-9-4-10-26-17/h5-8,12,17H,3-4,9-11H2,1-2H3,(H2,19,20,21,23)/t12-/m1/s1. The summed E-state index contributed by atoms with van der Waals surface area (Å²) in [5.41, 5.74) is 1.56. The maximum Gasteiger partial charge on any atom is 0.338 e. The lowest BCUT2D eigenvalue weighted by molar-refractivity contribution is -0.123. The van der Waals surface area contributed by atoms with Gasteiger partial charge in [0.2, 0.25) is 0 Å². The van der Waals surface area contributed by atoms with E-state index in [1.54, 1.807) is 12.1 Å². The van der Waals surface area contributed by atoms with Gasteiger partial charge in [-0.1, -0.05) is 19.1 Å². The number of urea groups is 1. The summed E-state index contributed by atoms with van der Waals surface area (Å²) in [6.07, 6.45) is 1.98. The Kier molecular flexibility index (Phi) is 8.31. The second kappa shape index (κ2) is 10.5. The SMILES string of the molecule is CC[C@@H](C)NC(=O)NC(=O)COC(=O)c1ccc(C2SCCCS2)cc1. The first-order valence-corrected chi connectivity index (χ1v) is 10.7. The lowest BCUT2D eigenvalue weighted by atomic mass is 10.1. The van der Waals surface area contributed by atoms with Gasteiger partial charge in [-0.15, -0.1) is 23.5 Å². The summed E-state index contributed by atoms with van der Waals surface area (Å²) >= 11 is 3.82. The lowest BCUT2D eigenvalue weighted by Gasteiger charge is -2.21. The van der Waals surface area contributed by atoms with E-state index in [2.05, 4.69) is 10.6 Å². The maximum atomic E-state index is 12.0. The van der Waals surface area contributed by atoms with Crippen LogP contribution < -0.4 is 10.6 Å². The zero-order chi connectivity index (χ0) is 18.9. The molecule has 3 amide bonds. The van der Waals surface area contributed by atoms with Gasteiger partial charge in [-0.3, -0.25) is 10.1 Å². The Labute approximate surface area is 162 Å². The minimum absolute atomic E-state index is 0.0376. The summed E-state index contributed by atoms with van der Waals surface area (Å²) in [4.78, 5) is 35.2. The van der Waals surface area contributed by atoms with Crippen molar-refractivity contribution >= 4 is 41.4 Å². The number of hydrogen-bond acceptors (Lipinski definition) is 6. The van der Waals surface area contributed by atoms with Crippen LogP contribution >= 0.6 is 23.5 Å². The predicted octanol–water partition coefficient (Wildman–Crippen LogP) is 3.34. The van der Waals surface area contributed by atoms with Crippen LogP contribution in [0, 0.1) is 0 Å². The van der Waals surface area contributed by atoms with Gasteiger partial charge < -0.3 is 10.1 Å². The van der Waals surface area contributed by atoms with Crippen LogP contribution in [0.15, 0.2) is 24.3 Å². The summed E-state index contributed by atoms with van der Waals surface area (Å²) in [5.74, 6) is 1.06. The molecule has 1 aromatic carbocycles. The molecule has 1 aliphatic heterocycles. The number of amides is 3. The Morgan fingerprint density at radius 2 is 1.85 bits per heavy atom. The second-order valence-electron chi connectivity index (χ2n) is 5.96. The van der Waals surface area contributed by atoms with E-state index in [9.17, 15) is 14.4 Å². The van der Waals surface area contributed by atoms with Crippen LogP contribution in [0.3, 0.4) is 0 Å². The van der Waals surface area contributed by atoms with Crippen LogP contribution in [0.25, 0.3) is 0 Å². The molecule has 0 saturated carbocycles. The Bertz CT molecular complexity index is 631. The van der Waals surface area contributed by atoms with E-state index >= 15 is 0 Å². The number of rotatable bonds is 6. The fraction of sp³-hybridized carbons (Fsp3) is 0.500. The highest BCUT2D eigenvalue weighted by molar-refractivity contribution is 8.16. The third kappa shape index (κ3) is 6.57. The first-order valence-electron chi connectivity index (χ1n) is 8.60. The molecule has 26 heavy (non-hydrogen) atoms. The molecule has 2 N–H and O–H groups in total. The van der Waals surface area contributed by atoms with E-state index in [0.29, 0.717) is 10.1 Å². The minimum Gasteiger partial charge on any atom is -0.452 e. The topological polar surface area (TPSA) is 84.5 Å². The summed E-state index contributed by atoms with van der Waals surface area (Å²) in [6, 6.07) is 6.64. The van der Waals surface area contributed by atoms with Crippen LogP contribution in [-0.4, -0.2) is 42.1 Å². The summed E-state index contributed by atoms with van der Waals surface area (Å²) in [6.45, 7) is 3.26. The van der Waals surface area contributed by atoms with Crippen molar-refractivity contribution in [3.8, 4) is 0 Å². The van der Waals surface area contributed by atoms with Crippen molar-refractivity contribution in [3.63, 3.8) is 0 Å². The Morgan fingerprint density at radius 1 is 1.19 bits per heavy atom. The molecule has 1 heterocycles. The third-order valence-electron chi connectivity index (χ3n) is 3.82. The first kappa shape index (κ1) is 20.6. The molecule has 142 valence electrons. The van der Waals surface area contributed by atoms with E-state index in [0.717, 1.165) is 17.9 Å². The van der Waals surface area contributed by atoms with Crippen molar-refractivity contribution in [2.45, 2.75) is 37.3 Å². The molecule has 2 rings (SSSR count). The molecule has 0 radical (unpaired) electrons. The van der Waals surface area contributed by atoms with E-state index in [1.165, 1.54) is 12.0 Å². The van der Waals surface area contributed by atoms with Gasteiger partial charge in [0, 0.05) is 6.04 Å². The smallest absolute Gasteiger partial charge is 0.338 e. The average molecular weight is 397 g/mol. The average Bonchev–Trinajstić information content (AvgIpc) is 2.66. The number of benzene rings is 1. The number of nitrogens with one attached hydrogen (secondary N) is 2. The molecule has 1 atom stereocenters. The van der Waals surface area contributed by atoms with Crippen molar-refractivity contribution in [1.82, 2.24) is 10.6 Å². The Balaban J connectivity index is 1.78. The number of hydrogen-bond donors (Lipinski definition) is 2. The molecule has 0 spiro atoms. The monoisotopic (exact) mass is 396 g/mol. The van der Waals surface area contributed by atoms with Crippen molar-refractivity contribution in [2.75, 3.05) is 18.1 Å². The third-order valence-corrected chi connectivity index (χ3v) is 6.84. The van der Waals surface area contributed by atoms with Crippen molar-refractivity contribution in [2.24, 2.45) is 0 Å². The maximum absolute atomic E-state index is 12.0. The zero-order valence-corrected chi connectivity index (χ0v) is 16.6. The van der Waals surface area contributed by atoms with Gasteiger partial charge in [0.25, 0.3) is 5.91 Å². The minimum atomic E-state index is -0.661. The van der Waals surface area contributed by atoms with Gasteiger partial charge in [0.15, 0.2) is 6.61 Å². The molecule has 0 bridgehead atoms. The molecule has 6 nitrogen and oxygen atoms in total. The predicted molar refractivity (Wildman–Crippen MR) is 105 cm³/mol. The molecule has 1 fully saturated rings. The van der Waals surface area contributed by atoms with Gasteiger partial charge in [-0.05, 0) is 49.0 Å². The molecule has 1 saturated heterocycles.